The molecule has 0 spiro atoms. The Morgan fingerprint density at radius 1 is 1.12 bits per heavy atom. The van der Waals surface area contributed by atoms with Gasteiger partial charge >= 0.3 is 0 Å². The maximum absolute atomic E-state index is 12.8. The fraction of sp³-hybridized carbons (Fsp3) is 0.200. The van der Waals surface area contributed by atoms with E-state index < -0.39 is 0 Å². The summed E-state index contributed by atoms with van der Waals surface area (Å²) in [5.74, 6) is 0.671. The maximum atomic E-state index is 12.8. The van der Waals surface area contributed by atoms with Crippen molar-refractivity contribution in [3.63, 3.8) is 0 Å². The standard InChI is InChI=1S/C20H20N2O2S/c1-3-15-7-5-6-8-18(15)22-19(23)17(21-20(22)25)13-14-9-11-16(12-10-14)24-4-2/h5-13H,3-4H2,1-2H3,(H,21,25)/b17-13+. The number of rotatable bonds is 5. The molecule has 1 N–H and O–H groups in total. The summed E-state index contributed by atoms with van der Waals surface area (Å²) in [5, 5.41) is 3.44. The van der Waals surface area contributed by atoms with Gasteiger partial charge in [-0.3, -0.25) is 9.69 Å². The number of amides is 1. The first kappa shape index (κ1) is 17.2. The van der Waals surface area contributed by atoms with Crippen LogP contribution in [0.15, 0.2) is 54.2 Å². The number of hydrogen-bond acceptors (Lipinski definition) is 3. The van der Waals surface area contributed by atoms with E-state index in [2.05, 4.69) is 12.2 Å². The quantitative estimate of drug-likeness (QED) is 0.654. The highest BCUT2D eigenvalue weighted by atomic mass is 32.1. The minimum atomic E-state index is -0.139. The lowest BCUT2D eigenvalue weighted by Gasteiger charge is -2.17. The highest BCUT2D eigenvalue weighted by Gasteiger charge is 2.32. The number of aryl methyl sites for hydroxylation is 1. The Bertz CT molecular complexity index is 828. The average molecular weight is 352 g/mol. The van der Waals surface area contributed by atoms with Gasteiger partial charge in [0.25, 0.3) is 5.91 Å². The van der Waals surface area contributed by atoms with Crippen molar-refractivity contribution in [3.05, 3.63) is 65.4 Å². The van der Waals surface area contributed by atoms with E-state index in [9.17, 15) is 4.79 Å². The van der Waals surface area contributed by atoms with E-state index in [4.69, 9.17) is 17.0 Å². The van der Waals surface area contributed by atoms with Crippen molar-refractivity contribution in [1.29, 1.82) is 0 Å². The smallest absolute Gasteiger partial charge is 0.281 e. The molecule has 0 saturated carbocycles. The summed E-state index contributed by atoms with van der Waals surface area (Å²) in [7, 11) is 0. The fourth-order valence-electron chi connectivity index (χ4n) is 2.78. The average Bonchev–Trinajstić information content (AvgIpc) is 2.90. The molecule has 1 amide bonds. The number of ether oxygens (including phenoxy) is 1. The van der Waals surface area contributed by atoms with E-state index in [1.807, 2.05) is 55.5 Å². The largest absolute Gasteiger partial charge is 0.494 e. The fourth-order valence-corrected chi connectivity index (χ4v) is 3.07. The summed E-state index contributed by atoms with van der Waals surface area (Å²) in [5.41, 5.74) is 3.30. The molecule has 0 bridgehead atoms. The molecular formula is C20H20N2O2S. The first-order valence-corrected chi connectivity index (χ1v) is 8.72. The Morgan fingerprint density at radius 3 is 2.52 bits per heavy atom. The van der Waals surface area contributed by atoms with Crippen LogP contribution in [-0.2, 0) is 11.2 Å². The monoisotopic (exact) mass is 352 g/mol. The molecule has 2 aromatic carbocycles. The van der Waals surface area contributed by atoms with Crippen LogP contribution in [-0.4, -0.2) is 17.6 Å². The number of benzene rings is 2. The molecule has 0 aromatic heterocycles. The topological polar surface area (TPSA) is 41.6 Å². The van der Waals surface area contributed by atoms with Gasteiger partial charge < -0.3 is 10.1 Å². The van der Waals surface area contributed by atoms with Gasteiger partial charge in [-0.05, 0) is 61.0 Å². The molecule has 1 heterocycles. The Hall–Kier alpha value is -2.66. The second-order valence-electron chi connectivity index (χ2n) is 5.61. The van der Waals surface area contributed by atoms with Crippen molar-refractivity contribution < 1.29 is 9.53 Å². The summed E-state index contributed by atoms with van der Waals surface area (Å²) < 4.78 is 5.44. The third-order valence-electron chi connectivity index (χ3n) is 3.99. The van der Waals surface area contributed by atoms with Gasteiger partial charge in [0, 0.05) is 0 Å². The van der Waals surface area contributed by atoms with Crippen molar-refractivity contribution in [2.24, 2.45) is 0 Å². The van der Waals surface area contributed by atoms with Gasteiger partial charge in [-0.2, -0.15) is 0 Å². The van der Waals surface area contributed by atoms with Gasteiger partial charge in [-0.25, -0.2) is 0 Å². The molecule has 1 fully saturated rings. The zero-order valence-electron chi connectivity index (χ0n) is 14.3. The Labute approximate surface area is 153 Å². The number of hydrogen-bond donors (Lipinski definition) is 1. The van der Waals surface area contributed by atoms with E-state index in [-0.39, 0.29) is 5.91 Å². The van der Waals surface area contributed by atoms with Crippen molar-refractivity contribution in [1.82, 2.24) is 5.32 Å². The van der Waals surface area contributed by atoms with Crippen LogP contribution in [0.5, 0.6) is 5.75 Å². The molecule has 5 heteroatoms. The van der Waals surface area contributed by atoms with Crippen molar-refractivity contribution in [3.8, 4) is 5.75 Å². The SMILES string of the molecule is CCOc1ccc(/C=C2/NC(=S)N(c3ccccc3CC)C2=O)cc1. The minimum Gasteiger partial charge on any atom is -0.494 e. The molecule has 4 nitrogen and oxygen atoms in total. The van der Waals surface area contributed by atoms with Crippen LogP contribution < -0.4 is 15.0 Å². The summed E-state index contributed by atoms with van der Waals surface area (Å²) >= 11 is 5.39. The van der Waals surface area contributed by atoms with Crippen LogP contribution in [0.2, 0.25) is 0 Å². The van der Waals surface area contributed by atoms with E-state index >= 15 is 0 Å². The highest BCUT2D eigenvalue weighted by molar-refractivity contribution is 7.80. The molecule has 0 radical (unpaired) electrons. The van der Waals surface area contributed by atoms with Crippen LogP contribution in [0.3, 0.4) is 0 Å². The van der Waals surface area contributed by atoms with Gasteiger partial charge in [0.15, 0.2) is 5.11 Å². The molecule has 1 aliphatic rings. The van der Waals surface area contributed by atoms with Crippen molar-refractivity contribution in [2.75, 3.05) is 11.5 Å². The first-order chi connectivity index (χ1) is 12.1. The lowest BCUT2D eigenvalue weighted by molar-refractivity contribution is -0.113. The molecule has 2 aromatic rings. The van der Waals surface area contributed by atoms with Crippen molar-refractivity contribution in [2.45, 2.75) is 20.3 Å². The van der Waals surface area contributed by atoms with Crippen LogP contribution in [0.1, 0.15) is 25.0 Å². The second-order valence-corrected chi connectivity index (χ2v) is 6.00. The van der Waals surface area contributed by atoms with E-state index in [0.717, 1.165) is 29.0 Å². The van der Waals surface area contributed by atoms with Gasteiger partial charge in [-0.15, -0.1) is 0 Å². The van der Waals surface area contributed by atoms with Crippen LogP contribution >= 0.6 is 12.2 Å². The number of carbonyl (C=O) groups excluding carboxylic acids is 1. The molecule has 128 valence electrons. The van der Waals surface area contributed by atoms with Crippen molar-refractivity contribution >= 4 is 35.0 Å². The van der Waals surface area contributed by atoms with Gasteiger partial charge in [0.1, 0.15) is 11.4 Å². The Balaban J connectivity index is 1.88. The summed E-state index contributed by atoms with van der Waals surface area (Å²) in [6.07, 6.45) is 2.64. The normalized spacial score (nSPS) is 15.6. The number of thiocarbonyl (C=S) groups is 1. The molecule has 0 atom stereocenters. The molecule has 1 aliphatic heterocycles. The van der Waals surface area contributed by atoms with Crippen LogP contribution in [0.25, 0.3) is 6.08 Å². The highest BCUT2D eigenvalue weighted by Crippen LogP contribution is 2.26. The molecule has 0 aliphatic carbocycles. The summed E-state index contributed by atoms with van der Waals surface area (Å²) in [6, 6.07) is 15.4. The lowest BCUT2D eigenvalue weighted by atomic mass is 10.1. The predicted octanol–water partition coefficient (Wildman–Crippen LogP) is 3.91. The Kier molecular flexibility index (Phi) is 5.14. The molecular weight excluding hydrogens is 332 g/mol. The van der Waals surface area contributed by atoms with Gasteiger partial charge in [0.2, 0.25) is 0 Å². The first-order valence-electron chi connectivity index (χ1n) is 8.32. The summed E-state index contributed by atoms with van der Waals surface area (Å²) in [4.78, 5) is 14.4. The molecule has 0 unspecified atom stereocenters. The zero-order chi connectivity index (χ0) is 17.8. The lowest BCUT2D eigenvalue weighted by Crippen LogP contribution is -2.31. The summed E-state index contributed by atoms with van der Waals surface area (Å²) in [6.45, 7) is 4.63. The molecule has 3 rings (SSSR count). The molecule has 1 saturated heterocycles. The number of carbonyl (C=O) groups is 1. The third kappa shape index (κ3) is 3.56. The van der Waals surface area contributed by atoms with E-state index in [1.165, 1.54) is 0 Å². The second kappa shape index (κ2) is 7.49. The van der Waals surface area contributed by atoms with Crippen LogP contribution in [0.4, 0.5) is 5.69 Å². The number of anilines is 1. The Morgan fingerprint density at radius 2 is 1.84 bits per heavy atom. The third-order valence-corrected chi connectivity index (χ3v) is 4.28. The predicted molar refractivity (Wildman–Crippen MR) is 105 cm³/mol. The zero-order valence-corrected chi connectivity index (χ0v) is 15.1. The maximum Gasteiger partial charge on any atom is 0.281 e. The van der Waals surface area contributed by atoms with E-state index in [1.54, 1.807) is 11.0 Å². The number of nitrogens with one attached hydrogen (secondary N) is 1. The number of nitrogens with zero attached hydrogens (tertiary/aromatic N) is 1. The van der Waals surface area contributed by atoms with E-state index in [0.29, 0.717) is 17.4 Å². The minimum absolute atomic E-state index is 0.139. The number of para-hydroxylation sites is 1. The molecule has 25 heavy (non-hydrogen) atoms. The van der Waals surface area contributed by atoms with Gasteiger partial charge in [-0.1, -0.05) is 37.3 Å². The van der Waals surface area contributed by atoms with Gasteiger partial charge in [0.05, 0.1) is 12.3 Å². The van der Waals surface area contributed by atoms with Crippen LogP contribution in [0, 0.1) is 0 Å².